The lowest BCUT2D eigenvalue weighted by molar-refractivity contribution is -0.114. The molecule has 0 aliphatic rings. The van der Waals surface area contributed by atoms with Gasteiger partial charge in [-0.1, -0.05) is 0 Å². The van der Waals surface area contributed by atoms with Gasteiger partial charge < -0.3 is 19.8 Å². The standard InChI is InChI=1S/C23H24N2O4/c1-5-28-21-12-22-20(15(3)13-29-22)11-19(21)14(2)10-23(27)25-18-8-6-17(7-9-18)24-16(4)26/h6-13H,5H2,1-4H3,(H,24,26)(H,25,27)/b14-10+. The van der Waals surface area contributed by atoms with Gasteiger partial charge in [0.05, 0.1) is 12.9 Å². The van der Waals surface area contributed by atoms with Gasteiger partial charge in [-0.3, -0.25) is 9.59 Å². The van der Waals surface area contributed by atoms with E-state index in [9.17, 15) is 9.59 Å². The second kappa shape index (κ2) is 8.65. The van der Waals surface area contributed by atoms with E-state index in [1.807, 2.05) is 32.9 Å². The molecule has 0 atom stereocenters. The number of hydrogen-bond donors (Lipinski definition) is 2. The smallest absolute Gasteiger partial charge is 0.248 e. The lowest BCUT2D eigenvalue weighted by Crippen LogP contribution is -2.09. The van der Waals surface area contributed by atoms with Gasteiger partial charge in [0, 0.05) is 41.4 Å². The Morgan fingerprint density at radius 1 is 1.07 bits per heavy atom. The first-order chi connectivity index (χ1) is 13.9. The SMILES string of the molecule is CCOc1cc2occ(C)c2cc1/C(C)=C/C(=O)Nc1ccc(NC(C)=O)cc1. The molecule has 6 heteroatoms. The summed E-state index contributed by atoms with van der Waals surface area (Å²) in [6.07, 6.45) is 3.25. The van der Waals surface area contributed by atoms with Crippen molar-refractivity contribution in [1.82, 2.24) is 0 Å². The van der Waals surface area contributed by atoms with Crippen molar-refractivity contribution in [3.05, 3.63) is 59.9 Å². The summed E-state index contributed by atoms with van der Waals surface area (Å²) in [4.78, 5) is 23.6. The molecule has 0 bridgehead atoms. The third-order valence-electron chi connectivity index (χ3n) is 4.41. The van der Waals surface area contributed by atoms with Crippen LogP contribution in [0, 0.1) is 6.92 Å². The monoisotopic (exact) mass is 392 g/mol. The van der Waals surface area contributed by atoms with Crippen LogP contribution in [0.1, 0.15) is 31.9 Å². The maximum Gasteiger partial charge on any atom is 0.248 e. The molecule has 6 nitrogen and oxygen atoms in total. The zero-order valence-corrected chi connectivity index (χ0v) is 17.0. The Hall–Kier alpha value is -3.54. The molecule has 0 fully saturated rings. The van der Waals surface area contributed by atoms with Crippen molar-refractivity contribution in [2.24, 2.45) is 0 Å². The van der Waals surface area contributed by atoms with Gasteiger partial charge in [0.15, 0.2) is 0 Å². The van der Waals surface area contributed by atoms with E-state index in [2.05, 4.69) is 10.6 Å². The lowest BCUT2D eigenvalue weighted by Gasteiger charge is -2.11. The Balaban J connectivity index is 1.82. The van der Waals surface area contributed by atoms with Crippen LogP contribution >= 0.6 is 0 Å². The van der Waals surface area contributed by atoms with Gasteiger partial charge in [-0.15, -0.1) is 0 Å². The number of fused-ring (bicyclic) bond motifs is 1. The van der Waals surface area contributed by atoms with Crippen molar-refractivity contribution in [2.45, 2.75) is 27.7 Å². The number of amides is 2. The number of furan rings is 1. The molecule has 3 rings (SSSR count). The second-order valence-electron chi connectivity index (χ2n) is 6.77. The van der Waals surface area contributed by atoms with Gasteiger partial charge in [0.2, 0.25) is 11.8 Å². The fraction of sp³-hybridized carbons (Fsp3) is 0.217. The van der Waals surface area contributed by atoms with E-state index >= 15 is 0 Å². The number of carbonyl (C=O) groups excluding carboxylic acids is 2. The number of aryl methyl sites for hydroxylation is 1. The first-order valence-electron chi connectivity index (χ1n) is 9.39. The van der Waals surface area contributed by atoms with E-state index < -0.39 is 0 Å². The number of hydrogen-bond acceptors (Lipinski definition) is 4. The number of anilines is 2. The molecule has 150 valence electrons. The first-order valence-corrected chi connectivity index (χ1v) is 9.39. The summed E-state index contributed by atoms with van der Waals surface area (Å²) in [7, 11) is 0. The normalized spacial score (nSPS) is 11.4. The fourth-order valence-electron chi connectivity index (χ4n) is 3.06. The number of benzene rings is 2. The van der Waals surface area contributed by atoms with E-state index in [1.165, 1.54) is 6.92 Å². The molecule has 1 aromatic heterocycles. The molecule has 0 unspecified atom stereocenters. The molecule has 2 aromatic carbocycles. The summed E-state index contributed by atoms with van der Waals surface area (Å²) in [5.41, 5.74) is 4.72. The van der Waals surface area contributed by atoms with Gasteiger partial charge in [-0.05, 0) is 62.2 Å². The summed E-state index contributed by atoms with van der Waals surface area (Å²) in [6.45, 7) is 7.73. The van der Waals surface area contributed by atoms with Crippen LogP contribution < -0.4 is 15.4 Å². The number of ether oxygens (including phenoxy) is 1. The third-order valence-corrected chi connectivity index (χ3v) is 4.41. The Bertz CT molecular complexity index is 1080. The van der Waals surface area contributed by atoms with Gasteiger partial charge >= 0.3 is 0 Å². The van der Waals surface area contributed by atoms with Crippen LogP contribution in [0.5, 0.6) is 5.75 Å². The Morgan fingerprint density at radius 3 is 2.34 bits per heavy atom. The minimum atomic E-state index is -0.249. The largest absolute Gasteiger partial charge is 0.493 e. The summed E-state index contributed by atoms with van der Waals surface area (Å²) < 4.78 is 11.3. The maximum atomic E-state index is 12.5. The van der Waals surface area contributed by atoms with Gasteiger partial charge in [0.1, 0.15) is 11.3 Å². The minimum Gasteiger partial charge on any atom is -0.493 e. The van der Waals surface area contributed by atoms with Crippen LogP contribution in [0.4, 0.5) is 11.4 Å². The van der Waals surface area contributed by atoms with Crippen molar-refractivity contribution in [1.29, 1.82) is 0 Å². The highest BCUT2D eigenvalue weighted by Gasteiger charge is 2.13. The average Bonchev–Trinajstić information content (AvgIpc) is 3.02. The number of allylic oxidation sites excluding steroid dienone is 1. The zero-order valence-electron chi connectivity index (χ0n) is 17.0. The number of rotatable bonds is 6. The van der Waals surface area contributed by atoms with Crippen molar-refractivity contribution in [3.8, 4) is 5.75 Å². The van der Waals surface area contributed by atoms with Gasteiger partial charge in [-0.2, -0.15) is 0 Å². The van der Waals surface area contributed by atoms with Gasteiger partial charge in [-0.25, -0.2) is 0 Å². The Kier molecular flexibility index (Phi) is 6.02. The van der Waals surface area contributed by atoms with Crippen molar-refractivity contribution < 1.29 is 18.7 Å². The second-order valence-corrected chi connectivity index (χ2v) is 6.77. The molecule has 0 aliphatic carbocycles. The molecule has 0 saturated heterocycles. The molecular weight excluding hydrogens is 368 g/mol. The minimum absolute atomic E-state index is 0.143. The van der Waals surface area contributed by atoms with Crippen molar-refractivity contribution >= 4 is 39.7 Å². The predicted molar refractivity (Wildman–Crippen MR) is 115 cm³/mol. The molecule has 0 aliphatic heterocycles. The Labute approximate surface area is 169 Å². The van der Waals surface area contributed by atoms with Crippen molar-refractivity contribution in [2.75, 3.05) is 17.2 Å². The van der Waals surface area contributed by atoms with Crippen LogP contribution in [-0.4, -0.2) is 18.4 Å². The number of nitrogens with one attached hydrogen (secondary N) is 2. The summed E-state index contributed by atoms with van der Waals surface area (Å²) >= 11 is 0. The van der Waals surface area contributed by atoms with Crippen LogP contribution in [0.25, 0.3) is 16.5 Å². The number of carbonyl (C=O) groups is 2. The highest BCUT2D eigenvalue weighted by atomic mass is 16.5. The lowest BCUT2D eigenvalue weighted by atomic mass is 10.0. The predicted octanol–water partition coefficient (Wildman–Crippen LogP) is 5.14. The molecule has 2 N–H and O–H groups in total. The Morgan fingerprint density at radius 2 is 1.72 bits per heavy atom. The summed E-state index contributed by atoms with van der Waals surface area (Å²) in [6, 6.07) is 10.8. The molecule has 3 aromatic rings. The van der Waals surface area contributed by atoms with E-state index in [0.29, 0.717) is 23.7 Å². The molecule has 2 amide bonds. The molecular formula is C23H24N2O4. The highest BCUT2D eigenvalue weighted by Crippen LogP contribution is 2.33. The quantitative estimate of drug-likeness (QED) is 0.569. The first kappa shape index (κ1) is 20.2. The van der Waals surface area contributed by atoms with E-state index in [0.717, 1.165) is 27.7 Å². The maximum absolute atomic E-state index is 12.5. The van der Waals surface area contributed by atoms with Crippen LogP contribution in [0.2, 0.25) is 0 Å². The summed E-state index contributed by atoms with van der Waals surface area (Å²) in [5, 5.41) is 6.51. The van der Waals surface area contributed by atoms with Crippen molar-refractivity contribution in [3.63, 3.8) is 0 Å². The van der Waals surface area contributed by atoms with Gasteiger partial charge in [0.25, 0.3) is 0 Å². The van der Waals surface area contributed by atoms with E-state index in [4.69, 9.17) is 9.15 Å². The third kappa shape index (κ3) is 4.85. The average molecular weight is 392 g/mol. The van der Waals surface area contributed by atoms with Crippen LogP contribution in [-0.2, 0) is 9.59 Å². The fourth-order valence-corrected chi connectivity index (χ4v) is 3.06. The molecule has 0 radical (unpaired) electrons. The molecule has 0 saturated carbocycles. The molecule has 29 heavy (non-hydrogen) atoms. The zero-order chi connectivity index (χ0) is 21.0. The molecule has 0 spiro atoms. The van der Waals surface area contributed by atoms with Crippen LogP contribution in [0.15, 0.2) is 53.2 Å². The topological polar surface area (TPSA) is 80.6 Å². The highest BCUT2D eigenvalue weighted by molar-refractivity contribution is 6.04. The molecule has 1 heterocycles. The van der Waals surface area contributed by atoms with E-state index in [-0.39, 0.29) is 11.8 Å². The van der Waals surface area contributed by atoms with E-state index in [1.54, 1.807) is 36.6 Å². The summed E-state index contributed by atoms with van der Waals surface area (Å²) in [5.74, 6) is 0.284. The van der Waals surface area contributed by atoms with Crippen LogP contribution in [0.3, 0.4) is 0 Å².